The largest absolute Gasteiger partial charge is 0.350 e. The number of rotatable bonds is 6. The van der Waals surface area contributed by atoms with Crippen LogP contribution in [0.5, 0.6) is 0 Å². The van der Waals surface area contributed by atoms with E-state index in [0.717, 1.165) is 24.8 Å². The van der Waals surface area contributed by atoms with Crippen molar-refractivity contribution in [1.82, 2.24) is 14.5 Å². The van der Waals surface area contributed by atoms with Crippen LogP contribution in [-0.2, 0) is 18.3 Å². The molecule has 0 atom stereocenters. The van der Waals surface area contributed by atoms with Crippen molar-refractivity contribution >= 4 is 56.4 Å². The highest BCUT2D eigenvalue weighted by molar-refractivity contribution is 7.14. The molecule has 0 saturated carbocycles. The fourth-order valence-electron chi connectivity index (χ4n) is 4.78. The number of nitrogens with zero attached hydrogens (tertiary/aromatic N) is 3. The van der Waals surface area contributed by atoms with Crippen molar-refractivity contribution in [3.63, 3.8) is 0 Å². The molecule has 0 unspecified atom stereocenters. The van der Waals surface area contributed by atoms with E-state index in [1.165, 1.54) is 29.7 Å². The molecule has 0 radical (unpaired) electrons. The van der Waals surface area contributed by atoms with E-state index < -0.39 is 11.7 Å². The third kappa shape index (κ3) is 5.28. The van der Waals surface area contributed by atoms with Gasteiger partial charge in [-0.25, -0.2) is 4.39 Å². The van der Waals surface area contributed by atoms with Gasteiger partial charge in [-0.3, -0.25) is 19.4 Å². The van der Waals surface area contributed by atoms with Crippen LogP contribution in [0, 0.1) is 11.7 Å². The first-order chi connectivity index (χ1) is 17.8. The summed E-state index contributed by atoms with van der Waals surface area (Å²) in [4.78, 5) is 44.6. The van der Waals surface area contributed by atoms with Gasteiger partial charge in [0.25, 0.3) is 17.6 Å². The second-order valence-corrected chi connectivity index (χ2v) is 10.5. The van der Waals surface area contributed by atoms with Gasteiger partial charge in [-0.15, -0.1) is 11.3 Å². The third-order valence-electron chi connectivity index (χ3n) is 6.77. The number of halogens is 2. The van der Waals surface area contributed by atoms with Crippen LogP contribution >= 0.6 is 22.9 Å². The van der Waals surface area contributed by atoms with E-state index in [4.69, 9.17) is 11.6 Å². The number of ketones is 1. The lowest BCUT2D eigenvalue weighted by Crippen LogP contribution is -2.39. The number of nitrogens with one attached hydrogen (secondary N) is 1. The maximum Gasteiger partial charge on any atom is 0.297 e. The van der Waals surface area contributed by atoms with E-state index in [9.17, 15) is 18.8 Å². The molecule has 4 aromatic rings. The molecule has 2 aromatic heterocycles. The highest BCUT2D eigenvalue weighted by Gasteiger charge is 2.28. The molecular weight excluding hydrogens is 515 g/mol. The lowest BCUT2D eigenvalue weighted by atomic mass is 9.90. The van der Waals surface area contributed by atoms with Gasteiger partial charge in [0, 0.05) is 31.7 Å². The summed E-state index contributed by atoms with van der Waals surface area (Å²) in [6.45, 7) is 1.16. The summed E-state index contributed by atoms with van der Waals surface area (Å²) >= 11 is 7.74. The van der Waals surface area contributed by atoms with Crippen LogP contribution in [0.15, 0.2) is 54.3 Å². The summed E-state index contributed by atoms with van der Waals surface area (Å²) in [6.07, 6.45) is 5.54. The monoisotopic (exact) mass is 538 g/mol. The van der Waals surface area contributed by atoms with E-state index in [-0.39, 0.29) is 17.3 Å². The number of anilines is 1. The SMILES string of the molecule is Cn1cc(C(=O)C(=O)Nc2cncs2)c2cc(C(=O)N3CCC(Cc4ccc(F)cc4)CC3)c(Cl)cc21. The number of aromatic nitrogens is 2. The zero-order valence-electron chi connectivity index (χ0n) is 20.0. The first-order valence-electron chi connectivity index (χ1n) is 11.9. The number of likely N-dealkylation sites (tertiary alicyclic amines) is 1. The predicted molar refractivity (Wildman–Crippen MR) is 142 cm³/mol. The predicted octanol–water partition coefficient (Wildman–Crippen LogP) is 5.34. The van der Waals surface area contributed by atoms with Crippen LogP contribution in [0.3, 0.4) is 0 Å². The minimum absolute atomic E-state index is 0.197. The maximum absolute atomic E-state index is 13.4. The molecule has 7 nitrogen and oxygen atoms in total. The molecule has 1 saturated heterocycles. The van der Waals surface area contributed by atoms with E-state index >= 15 is 0 Å². The molecule has 10 heteroatoms. The number of fused-ring (bicyclic) bond motifs is 1. The number of thiazole rings is 1. The van der Waals surface area contributed by atoms with E-state index in [2.05, 4.69) is 10.3 Å². The Labute approximate surface area is 221 Å². The molecular formula is C27H24ClFN4O3S. The van der Waals surface area contributed by atoms with Gasteiger partial charge in [0.15, 0.2) is 0 Å². The molecule has 0 spiro atoms. The molecule has 2 aromatic carbocycles. The average molecular weight is 539 g/mol. The summed E-state index contributed by atoms with van der Waals surface area (Å²) in [5.74, 6) is -1.53. The highest BCUT2D eigenvalue weighted by Crippen LogP contribution is 2.31. The van der Waals surface area contributed by atoms with Crippen LogP contribution in [0.25, 0.3) is 10.9 Å². The zero-order valence-corrected chi connectivity index (χ0v) is 21.6. The zero-order chi connectivity index (χ0) is 26.1. The molecule has 3 heterocycles. The van der Waals surface area contributed by atoms with Crippen molar-refractivity contribution in [1.29, 1.82) is 0 Å². The standard InChI is InChI=1S/C27H24ClFN4O3S/c1-32-14-21(25(34)26(35)31-24-13-30-15-37-24)19-11-20(22(28)12-23(19)32)27(36)33-8-6-17(7-9-33)10-16-2-4-18(29)5-3-16/h2-5,11-15,17H,6-10H2,1H3,(H,31,35). The fraction of sp³-hybridized carbons (Fsp3) is 0.259. The van der Waals surface area contributed by atoms with Gasteiger partial charge in [0.2, 0.25) is 0 Å². The summed E-state index contributed by atoms with van der Waals surface area (Å²) in [6, 6.07) is 9.81. The van der Waals surface area contributed by atoms with Crippen molar-refractivity contribution < 1.29 is 18.8 Å². The fourth-order valence-corrected chi connectivity index (χ4v) is 5.53. The second kappa shape index (κ2) is 10.4. The minimum Gasteiger partial charge on any atom is -0.350 e. The summed E-state index contributed by atoms with van der Waals surface area (Å²) in [5.41, 5.74) is 3.79. The number of Topliss-reactive ketones (excluding diaryl/α,β-unsaturated/α-hetero) is 1. The summed E-state index contributed by atoms with van der Waals surface area (Å²) in [5, 5.41) is 3.81. The number of carbonyl (C=O) groups is 3. The topological polar surface area (TPSA) is 84.3 Å². The van der Waals surface area contributed by atoms with Crippen molar-refractivity contribution in [2.75, 3.05) is 18.4 Å². The van der Waals surface area contributed by atoms with E-state index in [1.807, 2.05) is 0 Å². The van der Waals surface area contributed by atoms with Crippen molar-refractivity contribution in [2.45, 2.75) is 19.3 Å². The molecule has 1 aliphatic rings. The Bertz CT molecular complexity index is 1480. The van der Waals surface area contributed by atoms with Gasteiger partial charge in [-0.05, 0) is 55.0 Å². The Hall–Kier alpha value is -3.56. The lowest BCUT2D eigenvalue weighted by Gasteiger charge is -2.32. The van der Waals surface area contributed by atoms with Crippen molar-refractivity contribution in [2.24, 2.45) is 13.0 Å². The summed E-state index contributed by atoms with van der Waals surface area (Å²) in [7, 11) is 1.75. The molecule has 1 aliphatic heterocycles. The van der Waals surface area contributed by atoms with Gasteiger partial charge >= 0.3 is 0 Å². The summed E-state index contributed by atoms with van der Waals surface area (Å²) < 4.78 is 14.9. The van der Waals surface area contributed by atoms with Crippen molar-refractivity contribution in [3.8, 4) is 0 Å². The third-order valence-corrected chi connectivity index (χ3v) is 7.77. The molecule has 1 N–H and O–H groups in total. The van der Waals surface area contributed by atoms with Crippen LogP contribution in [0.2, 0.25) is 5.02 Å². The Kier molecular flexibility index (Phi) is 7.08. The van der Waals surface area contributed by atoms with Gasteiger partial charge in [-0.2, -0.15) is 0 Å². The Morgan fingerprint density at radius 1 is 1.14 bits per heavy atom. The van der Waals surface area contributed by atoms with Crippen LogP contribution < -0.4 is 5.32 Å². The Morgan fingerprint density at radius 2 is 1.86 bits per heavy atom. The number of hydrogen-bond acceptors (Lipinski definition) is 5. The molecule has 5 rings (SSSR count). The molecule has 1 fully saturated rings. The number of piperidine rings is 1. The molecule has 2 amide bonds. The molecule has 37 heavy (non-hydrogen) atoms. The van der Waals surface area contributed by atoms with E-state index in [1.54, 1.807) is 52.5 Å². The van der Waals surface area contributed by atoms with Crippen LogP contribution in [-0.4, -0.2) is 45.1 Å². The number of amides is 2. The molecule has 0 bridgehead atoms. The highest BCUT2D eigenvalue weighted by atomic mass is 35.5. The maximum atomic E-state index is 13.4. The van der Waals surface area contributed by atoms with Gasteiger partial charge in [0.05, 0.1) is 33.4 Å². The second-order valence-electron chi connectivity index (χ2n) is 9.22. The molecule has 0 aliphatic carbocycles. The Morgan fingerprint density at radius 3 is 2.54 bits per heavy atom. The number of carbonyl (C=O) groups excluding carboxylic acids is 3. The number of benzene rings is 2. The number of aryl methyl sites for hydroxylation is 1. The van der Waals surface area contributed by atoms with Crippen molar-refractivity contribution in [3.05, 3.63) is 81.8 Å². The minimum atomic E-state index is -0.775. The Balaban J connectivity index is 1.33. The van der Waals surface area contributed by atoms with Crippen LogP contribution in [0.1, 0.15) is 39.1 Å². The lowest BCUT2D eigenvalue weighted by molar-refractivity contribution is -0.112. The average Bonchev–Trinajstić information content (AvgIpc) is 3.52. The quantitative estimate of drug-likeness (QED) is 0.265. The van der Waals surface area contributed by atoms with E-state index in [0.29, 0.717) is 45.5 Å². The normalized spacial score (nSPS) is 14.2. The van der Waals surface area contributed by atoms with Crippen LogP contribution in [0.4, 0.5) is 9.39 Å². The first kappa shape index (κ1) is 25.1. The van der Waals surface area contributed by atoms with Gasteiger partial charge < -0.3 is 14.8 Å². The van der Waals surface area contributed by atoms with Gasteiger partial charge in [0.1, 0.15) is 10.8 Å². The molecule has 190 valence electrons. The van der Waals surface area contributed by atoms with Gasteiger partial charge in [-0.1, -0.05) is 23.7 Å². The number of hydrogen-bond donors (Lipinski definition) is 1. The first-order valence-corrected chi connectivity index (χ1v) is 13.1. The smallest absolute Gasteiger partial charge is 0.297 e.